The standard InChI is InChI=1S/C11H11NO3/c1-12-6-7-2-3-9-8(4-7)5-10(15-9)11(13)14/h2-5,12H,6H2,1H3,(H,13,14). The maximum atomic E-state index is 10.7. The van der Waals surface area contributed by atoms with Gasteiger partial charge < -0.3 is 14.8 Å². The summed E-state index contributed by atoms with van der Waals surface area (Å²) in [6, 6.07) is 7.15. The Kier molecular flexibility index (Phi) is 2.43. The van der Waals surface area contributed by atoms with Gasteiger partial charge in [0.15, 0.2) is 0 Å². The lowest BCUT2D eigenvalue weighted by molar-refractivity contribution is 0.0665. The molecule has 1 aromatic heterocycles. The second-order valence-corrected chi connectivity index (χ2v) is 3.32. The third-order valence-electron chi connectivity index (χ3n) is 2.17. The number of carboxylic acids is 1. The number of benzene rings is 1. The van der Waals surface area contributed by atoms with Crippen LogP contribution in [0.3, 0.4) is 0 Å². The lowest BCUT2D eigenvalue weighted by atomic mass is 10.1. The van der Waals surface area contributed by atoms with E-state index in [1.165, 1.54) is 6.07 Å². The molecular formula is C11H11NO3. The molecule has 2 rings (SSSR count). The molecular weight excluding hydrogens is 194 g/mol. The van der Waals surface area contributed by atoms with Crippen molar-refractivity contribution >= 4 is 16.9 Å². The summed E-state index contributed by atoms with van der Waals surface area (Å²) in [7, 11) is 1.86. The van der Waals surface area contributed by atoms with Gasteiger partial charge in [-0.1, -0.05) is 6.07 Å². The number of hydrogen-bond acceptors (Lipinski definition) is 3. The second-order valence-electron chi connectivity index (χ2n) is 3.32. The maximum absolute atomic E-state index is 10.7. The molecule has 0 aliphatic carbocycles. The number of carbonyl (C=O) groups is 1. The molecule has 0 aliphatic rings. The van der Waals surface area contributed by atoms with Gasteiger partial charge in [-0.25, -0.2) is 4.79 Å². The third-order valence-corrected chi connectivity index (χ3v) is 2.17. The van der Waals surface area contributed by atoms with Crippen molar-refractivity contribution in [2.75, 3.05) is 7.05 Å². The minimum Gasteiger partial charge on any atom is -0.475 e. The van der Waals surface area contributed by atoms with Gasteiger partial charge in [-0.05, 0) is 30.8 Å². The van der Waals surface area contributed by atoms with E-state index in [2.05, 4.69) is 5.32 Å². The van der Waals surface area contributed by atoms with Gasteiger partial charge in [-0.15, -0.1) is 0 Å². The van der Waals surface area contributed by atoms with Gasteiger partial charge in [0, 0.05) is 11.9 Å². The number of fused-ring (bicyclic) bond motifs is 1. The first kappa shape index (κ1) is 9.73. The SMILES string of the molecule is CNCc1ccc2oc(C(=O)O)cc2c1. The van der Waals surface area contributed by atoms with E-state index < -0.39 is 5.97 Å². The first-order chi connectivity index (χ1) is 7.20. The lowest BCUT2D eigenvalue weighted by Gasteiger charge is -1.98. The largest absolute Gasteiger partial charge is 0.475 e. The number of hydrogen-bond donors (Lipinski definition) is 2. The Bertz CT molecular complexity index is 502. The first-order valence-corrected chi connectivity index (χ1v) is 4.61. The number of furan rings is 1. The summed E-state index contributed by atoms with van der Waals surface area (Å²) in [5, 5.41) is 12.6. The van der Waals surface area contributed by atoms with E-state index in [1.807, 2.05) is 19.2 Å². The molecule has 1 aromatic carbocycles. The van der Waals surface area contributed by atoms with Crippen LogP contribution in [0.1, 0.15) is 16.1 Å². The highest BCUT2D eigenvalue weighted by Crippen LogP contribution is 2.20. The Morgan fingerprint density at radius 3 is 2.93 bits per heavy atom. The molecule has 0 bridgehead atoms. The van der Waals surface area contributed by atoms with Crippen molar-refractivity contribution in [2.24, 2.45) is 0 Å². The van der Waals surface area contributed by atoms with Gasteiger partial charge in [-0.3, -0.25) is 0 Å². The summed E-state index contributed by atoms with van der Waals surface area (Å²) >= 11 is 0. The molecule has 0 amide bonds. The predicted molar refractivity (Wildman–Crippen MR) is 55.9 cm³/mol. The van der Waals surface area contributed by atoms with Crippen LogP contribution in [0.4, 0.5) is 0 Å². The molecule has 0 saturated heterocycles. The van der Waals surface area contributed by atoms with Crippen molar-refractivity contribution in [1.82, 2.24) is 5.32 Å². The summed E-state index contributed by atoms with van der Waals surface area (Å²) in [5.74, 6) is -1.06. The Morgan fingerprint density at radius 2 is 2.27 bits per heavy atom. The van der Waals surface area contributed by atoms with Crippen LogP contribution >= 0.6 is 0 Å². The minimum atomic E-state index is -1.04. The van der Waals surface area contributed by atoms with Crippen molar-refractivity contribution in [2.45, 2.75) is 6.54 Å². The monoisotopic (exact) mass is 205 g/mol. The zero-order valence-corrected chi connectivity index (χ0v) is 8.28. The average Bonchev–Trinajstić information content (AvgIpc) is 2.61. The van der Waals surface area contributed by atoms with Crippen molar-refractivity contribution in [3.63, 3.8) is 0 Å². The number of aromatic carboxylic acids is 1. The normalized spacial score (nSPS) is 10.7. The number of nitrogens with one attached hydrogen (secondary N) is 1. The maximum Gasteiger partial charge on any atom is 0.371 e. The fraction of sp³-hybridized carbons (Fsp3) is 0.182. The highest BCUT2D eigenvalue weighted by atomic mass is 16.4. The highest BCUT2D eigenvalue weighted by molar-refractivity contribution is 5.91. The smallest absolute Gasteiger partial charge is 0.371 e. The highest BCUT2D eigenvalue weighted by Gasteiger charge is 2.10. The second kappa shape index (κ2) is 3.74. The number of carboxylic acid groups (broad SMARTS) is 1. The van der Waals surface area contributed by atoms with Crippen LogP contribution in [0.25, 0.3) is 11.0 Å². The van der Waals surface area contributed by atoms with Crippen molar-refractivity contribution < 1.29 is 14.3 Å². The van der Waals surface area contributed by atoms with Crippen LogP contribution in [0.5, 0.6) is 0 Å². The van der Waals surface area contributed by atoms with Gasteiger partial charge in [-0.2, -0.15) is 0 Å². The molecule has 0 fully saturated rings. The van der Waals surface area contributed by atoms with E-state index in [-0.39, 0.29) is 5.76 Å². The molecule has 78 valence electrons. The molecule has 0 unspecified atom stereocenters. The fourth-order valence-electron chi connectivity index (χ4n) is 1.51. The van der Waals surface area contributed by atoms with Gasteiger partial charge in [0.05, 0.1) is 0 Å². The number of rotatable bonds is 3. The predicted octanol–water partition coefficient (Wildman–Crippen LogP) is 1.85. The van der Waals surface area contributed by atoms with Crippen LogP contribution in [0.15, 0.2) is 28.7 Å². The summed E-state index contributed by atoms with van der Waals surface area (Å²) in [6.07, 6.45) is 0. The van der Waals surface area contributed by atoms with Gasteiger partial charge in [0.25, 0.3) is 0 Å². The van der Waals surface area contributed by atoms with Crippen LogP contribution in [0.2, 0.25) is 0 Å². The van der Waals surface area contributed by atoms with E-state index in [9.17, 15) is 4.79 Å². The van der Waals surface area contributed by atoms with Crippen LogP contribution in [0, 0.1) is 0 Å². The topological polar surface area (TPSA) is 62.5 Å². The molecule has 15 heavy (non-hydrogen) atoms. The summed E-state index contributed by atoms with van der Waals surface area (Å²) in [4.78, 5) is 10.7. The fourth-order valence-corrected chi connectivity index (χ4v) is 1.51. The van der Waals surface area contributed by atoms with Crippen molar-refractivity contribution in [1.29, 1.82) is 0 Å². The van der Waals surface area contributed by atoms with Gasteiger partial charge in [0.2, 0.25) is 5.76 Å². The molecule has 1 heterocycles. The Balaban J connectivity index is 2.47. The van der Waals surface area contributed by atoms with Crippen molar-refractivity contribution in [3.05, 3.63) is 35.6 Å². The van der Waals surface area contributed by atoms with E-state index in [1.54, 1.807) is 6.07 Å². The molecule has 0 radical (unpaired) electrons. The van der Waals surface area contributed by atoms with E-state index in [4.69, 9.17) is 9.52 Å². The molecule has 4 nitrogen and oxygen atoms in total. The zero-order valence-electron chi connectivity index (χ0n) is 8.28. The summed E-state index contributed by atoms with van der Waals surface area (Å²) in [5.41, 5.74) is 1.70. The molecule has 2 aromatic rings. The molecule has 2 N–H and O–H groups in total. The van der Waals surface area contributed by atoms with E-state index in [0.29, 0.717) is 5.58 Å². The molecule has 0 saturated carbocycles. The van der Waals surface area contributed by atoms with E-state index >= 15 is 0 Å². The van der Waals surface area contributed by atoms with Crippen LogP contribution < -0.4 is 5.32 Å². The molecule has 0 spiro atoms. The average molecular weight is 205 g/mol. The summed E-state index contributed by atoms with van der Waals surface area (Å²) in [6.45, 7) is 0.753. The Hall–Kier alpha value is -1.81. The third kappa shape index (κ3) is 1.85. The molecule has 4 heteroatoms. The minimum absolute atomic E-state index is 0.0217. The van der Waals surface area contributed by atoms with E-state index in [0.717, 1.165) is 17.5 Å². The summed E-state index contributed by atoms with van der Waals surface area (Å²) < 4.78 is 5.14. The van der Waals surface area contributed by atoms with Crippen LogP contribution in [-0.4, -0.2) is 18.1 Å². The Labute approximate surface area is 86.5 Å². The quantitative estimate of drug-likeness (QED) is 0.802. The molecule has 0 aliphatic heterocycles. The zero-order chi connectivity index (χ0) is 10.8. The first-order valence-electron chi connectivity index (χ1n) is 4.61. The lowest BCUT2D eigenvalue weighted by Crippen LogP contribution is -2.04. The van der Waals surface area contributed by atoms with Crippen LogP contribution in [-0.2, 0) is 6.54 Å². The molecule has 0 atom stereocenters. The van der Waals surface area contributed by atoms with Gasteiger partial charge in [0.1, 0.15) is 5.58 Å². The van der Waals surface area contributed by atoms with Crippen molar-refractivity contribution in [3.8, 4) is 0 Å². The van der Waals surface area contributed by atoms with Gasteiger partial charge >= 0.3 is 5.97 Å². The Morgan fingerprint density at radius 1 is 1.47 bits per heavy atom.